The number of aliphatic imine (C=N–C) groups is 1. The highest BCUT2D eigenvalue weighted by molar-refractivity contribution is 8.14. The SMILES string of the molecule is Cc1cccc(C)c1N1CCSC1=NC(=O)NC1CCC(c2ccc(-c3ncn(-c4ccc(OC(F)(F)F)cc4)n3)cc2)C1. The first-order chi connectivity index (χ1) is 21.1. The number of para-hydroxylation sites is 1. The van der Waals surface area contributed by atoms with Crippen LogP contribution in [0, 0.1) is 13.8 Å². The molecule has 2 unspecified atom stereocenters. The zero-order valence-electron chi connectivity index (χ0n) is 24.2. The maximum Gasteiger partial charge on any atom is 0.573 e. The lowest BCUT2D eigenvalue weighted by Gasteiger charge is -2.22. The number of benzene rings is 3. The number of nitrogens with zero attached hydrogens (tertiary/aromatic N) is 5. The van der Waals surface area contributed by atoms with E-state index < -0.39 is 6.36 Å². The summed E-state index contributed by atoms with van der Waals surface area (Å²) in [5.41, 5.74) is 6.03. The van der Waals surface area contributed by atoms with Crippen LogP contribution >= 0.6 is 11.8 Å². The number of ether oxygens (including phenoxy) is 1. The van der Waals surface area contributed by atoms with Crippen molar-refractivity contribution in [2.75, 3.05) is 17.2 Å². The summed E-state index contributed by atoms with van der Waals surface area (Å²) in [4.78, 5) is 23.9. The molecular weight excluding hydrogens is 589 g/mol. The Bertz CT molecular complexity index is 1650. The van der Waals surface area contributed by atoms with Crippen molar-refractivity contribution in [1.29, 1.82) is 0 Å². The molecule has 2 amide bonds. The maximum absolute atomic E-state index is 12.9. The van der Waals surface area contributed by atoms with Crippen LogP contribution in [0.25, 0.3) is 17.1 Å². The Morgan fingerprint density at radius 2 is 1.75 bits per heavy atom. The number of halogens is 3. The monoisotopic (exact) mass is 620 g/mol. The van der Waals surface area contributed by atoms with Crippen molar-refractivity contribution < 1.29 is 22.7 Å². The van der Waals surface area contributed by atoms with Crippen LogP contribution < -0.4 is 15.0 Å². The summed E-state index contributed by atoms with van der Waals surface area (Å²) < 4.78 is 42.7. The van der Waals surface area contributed by atoms with E-state index in [0.717, 1.165) is 48.0 Å². The Morgan fingerprint density at radius 3 is 2.45 bits per heavy atom. The molecule has 1 aliphatic carbocycles. The molecule has 2 fully saturated rings. The van der Waals surface area contributed by atoms with Gasteiger partial charge in [0.05, 0.1) is 5.69 Å². The van der Waals surface area contributed by atoms with Gasteiger partial charge in [-0.25, -0.2) is 14.5 Å². The minimum atomic E-state index is -4.74. The number of anilines is 1. The van der Waals surface area contributed by atoms with Crippen LogP contribution in [0.15, 0.2) is 78.0 Å². The van der Waals surface area contributed by atoms with Gasteiger partial charge in [0.15, 0.2) is 11.0 Å². The third-order valence-corrected chi connectivity index (χ3v) is 8.87. The summed E-state index contributed by atoms with van der Waals surface area (Å²) in [5, 5.41) is 8.35. The van der Waals surface area contributed by atoms with Crippen LogP contribution in [0.5, 0.6) is 5.75 Å². The van der Waals surface area contributed by atoms with Gasteiger partial charge in [0.25, 0.3) is 0 Å². The van der Waals surface area contributed by atoms with Crippen molar-refractivity contribution in [1.82, 2.24) is 20.1 Å². The second-order valence-corrected chi connectivity index (χ2v) is 12.0. The van der Waals surface area contributed by atoms with Crippen molar-refractivity contribution >= 4 is 28.6 Å². The summed E-state index contributed by atoms with van der Waals surface area (Å²) in [7, 11) is 0. The summed E-state index contributed by atoms with van der Waals surface area (Å²) in [6, 6.07) is 19.5. The molecule has 0 bridgehead atoms. The highest BCUT2D eigenvalue weighted by Crippen LogP contribution is 2.36. The molecule has 1 N–H and O–H groups in total. The van der Waals surface area contributed by atoms with Crippen LogP contribution in [0.1, 0.15) is 41.9 Å². The van der Waals surface area contributed by atoms with E-state index in [-0.39, 0.29) is 17.8 Å². The highest BCUT2D eigenvalue weighted by Gasteiger charge is 2.31. The van der Waals surface area contributed by atoms with Crippen LogP contribution in [0.2, 0.25) is 0 Å². The Morgan fingerprint density at radius 1 is 1.02 bits per heavy atom. The molecule has 6 rings (SSSR count). The molecular formula is C32H31F3N6O2S. The minimum absolute atomic E-state index is 0.0573. The topological polar surface area (TPSA) is 84.6 Å². The van der Waals surface area contributed by atoms with Crippen molar-refractivity contribution in [3.8, 4) is 22.8 Å². The van der Waals surface area contributed by atoms with Crippen molar-refractivity contribution in [2.45, 2.75) is 51.4 Å². The average Bonchev–Trinajstić information content (AvgIpc) is 3.75. The standard InChI is InChI=1S/C32H31F3N6O2S/c1-20-4-3-5-21(2)28(20)40-16-17-44-31(40)38-30(42)37-25-11-10-24(18-25)22-6-8-23(9-7-22)29-36-19-41(39-29)26-12-14-27(15-13-26)43-32(33,34)35/h3-9,12-15,19,24-25H,10-11,16-18H2,1-2H3,(H,37,42). The lowest BCUT2D eigenvalue weighted by molar-refractivity contribution is -0.274. The number of amidine groups is 1. The first-order valence-corrected chi connectivity index (χ1v) is 15.4. The first kappa shape index (κ1) is 29.7. The van der Waals surface area contributed by atoms with E-state index in [1.165, 1.54) is 52.0 Å². The van der Waals surface area contributed by atoms with E-state index in [1.807, 2.05) is 18.2 Å². The summed E-state index contributed by atoms with van der Waals surface area (Å²) in [6.45, 7) is 4.99. The zero-order valence-corrected chi connectivity index (χ0v) is 25.0. The van der Waals surface area contributed by atoms with E-state index in [4.69, 9.17) is 0 Å². The Kier molecular flexibility index (Phi) is 8.35. The van der Waals surface area contributed by atoms with Crippen molar-refractivity contribution in [3.05, 3.63) is 89.7 Å². The molecule has 2 heterocycles. The smallest absolute Gasteiger partial charge is 0.406 e. The number of rotatable bonds is 6. The summed E-state index contributed by atoms with van der Waals surface area (Å²) in [6.07, 6.45) is -0.540. The van der Waals surface area contributed by atoms with Gasteiger partial charge in [-0.05, 0) is 80.0 Å². The fourth-order valence-electron chi connectivity index (χ4n) is 5.87. The van der Waals surface area contributed by atoms with E-state index in [9.17, 15) is 18.0 Å². The third-order valence-electron chi connectivity index (χ3n) is 7.91. The van der Waals surface area contributed by atoms with Gasteiger partial charge in [-0.3, -0.25) is 0 Å². The predicted octanol–water partition coefficient (Wildman–Crippen LogP) is 7.40. The number of hydrogen-bond acceptors (Lipinski definition) is 5. The van der Waals surface area contributed by atoms with Gasteiger partial charge >= 0.3 is 12.4 Å². The molecule has 0 radical (unpaired) electrons. The predicted molar refractivity (Wildman–Crippen MR) is 166 cm³/mol. The summed E-state index contributed by atoms with van der Waals surface area (Å²) in [5.74, 6) is 1.41. The number of amides is 2. The molecule has 1 saturated carbocycles. The van der Waals surface area contributed by atoms with E-state index in [2.05, 4.69) is 68.1 Å². The Hall–Kier alpha value is -4.32. The Balaban J connectivity index is 1.05. The third kappa shape index (κ3) is 6.75. The summed E-state index contributed by atoms with van der Waals surface area (Å²) >= 11 is 1.61. The molecule has 4 aromatic rings. The van der Waals surface area contributed by atoms with Gasteiger partial charge in [0.1, 0.15) is 12.1 Å². The normalized spacial score (nSPS) is 19.5. The first-order valence-electron chi connectivity index (χ1n) is 14.4. The molecule has 1 aliphatic heterocycles. The number of carbonyl (C=O) groups excluding carboxylic acids is 1. The largest absolute Gasteiger partial charge is 0.573 e. The molecule has 2 atom stereocenters. The van der Waals surface area contributed by atoms with Crippen LogP contribution in [0.4, 0.5) is 23.7 Å². The van der Waals surface area contributed by atoms with Gasteiger partial charge in [0.2, 0.25) is 0 Å². The van der Waals surface area contributed by atoms with Crippen LogP contribution in [-0.4, -0.2) is 50.7 Å². The zero-order chi connectivity index (χ0) is 30.8. The molecule has 1 aromatic heterocycles. The Labute approximate surface area is 257 Å². The number of aromatic nitrogens is 3. The van der Waals surface area contributed by atoms with Gasteiger partial charge < -0.3 is 15.0 Å². The molecule has 44 heavy (non-hydrogen) atoms. The van der Waals surface area contributed by atoms with Crippen LogP contribution in [0.3, 0.4) is 0 Å². The van der Waals surface area contributed by atoms with Gasteiger partial charge in [0, 0.05) is 29.6 Å². The van der Waals surface area contributed by atoms with Gasteiger partial charge in [-0.1, -0.05) is 54.2 Å². The van der Waals surface area contributed by atoms with Crippen molar-refractivity contribution in [2.24, 2.45) is 4.99 Å². The average molecular weight is 621 g/mol. The number of alkyl halides is 3. The maximum atomic E-state index is 12.9. The lowest BCUT2D eigenvalue weighted by Crippen LogP contribution is -2.33. The molecule has 228 valence electrons. The molecule has 2 aliphatic rings. The second kappa shape index (κ2) is 12.4. The fraction of sp³-hybridized carbons (Fsp3) is 0.312. The van der Waals surface area contributed by atoms with Crippen molar-refractivity contribution in [3.63, 3.8) is 0 Å². The number of thioether (sulfide) groups is 1. The number of hydrogen-bond donors (Lipinski definition) is 1. The molecule has 0 spiro atoms. The van der Waals surface area contributed by atoms with Gasteiger partial charge in [-0.15, -0.1) is 18.3 Å². The molecule has 12 heteroatoms. The quantitative estimate of drug-likeness (QED) is 0.242. The van der Waals surface area contributed by atoms with Gasteiger partial charge in [-0.2, -0.15) is 4.99 Å². The lowest BCUT2D eigenvalue weighted by atomic mass is 9.96. The molecule has 1 saturated heterocycles. The molecule has 3 aromatic carbocycles. The fourth-order valence-corrected chi connectivity index (χ4v) is 6.81. The number of nitrogens with one attached hydrogen (secondary N) is 1. The minimum Gasteiger partial charge on any atom is -0.406 e. The van der Waals surface area contributed by atoms with E-state index in [1.54, 1.807) is 11.8 Å². The highest BCUT2D eigenvalue weighted by atomic mass is 32.2. The second-order valence-electron chi connectivity index (χ2n) is 11.0. The number of urea groups is 1. The van der Waals surface area contributed by atoms with E-state index in [0.29, 0.717) is 17.4 Å². The molecule has 8 nitrogen and oxygen atoms in total. The van der Waals surface area contributed by atoms with Crippen LogP contribution in [-0.2, 0) is 0 Å². The number of carbonyl (C=O) groups is 1. The van der Waals surface area contributed by atoms with E-state index >= 15 is 0 Å². The number of aryl methyl sites for hydroxylation is 2.